The molecule has 1 aromatic carbocycles. The van der Waals surface area contributed by atoms with Crippen LogP contribution < -0.4 is 5.32 Å². The van der Waals surface area contributed by atoms with E-state index in [1.54, 1.807) is 0 Å². The minimum absolute atomic E-state index is 0.670. The molecule has 1 aliphatic carbocycles. The lowest BCUT2D eigenvalue weighted by Gasteiger charge is -2.20. The molecule has 1 N–H and O–H groups in total. The fourth-order valence-electron chi connectivity index (χ4n) is 2.61. The third-order valence-electron chi connectivity index (χ3n) is 3.86. The van der Waals surface area contributed by atoms with Crippen molar-refractivity contribution >= 4 is 0 Å². The van der Waals surface area contributed by atoms with E-state index in [0.29, 0.717) is 6.04 Å². The van der Waals surface area contributed by atoms with Crippen molar-refractivity contribution in [1.29, 1.82) is 0 Å². The van der Waals surface area contributed by atoms with Gasteiger partial charge in [-0.1, -0.05) is 42.7 Å². The third-order valence-corrected chi connectivity index (χ3v) is 3.86. The molecule has 0 amide bonds. The first kappa shape index (κ1) is 11.7. The highest BCUT2D eigenvalue weighted by Crippen LogP contribution is 2.27. The van der Waals surface area contributed by atoms with E-state index >= 15 is 0 Å². The molecule has 0 unspecified atom stereocenters. The van der Waals surface area contributed by atoms with Crippen molar-refractivity contribution in [3.05, 3.63) is 35.4 Å². The zero-order valence-corrected chi connectivity index (χ0v) is 10.5. The highest BCUT2D eigenvalue weighted by atomic mass is 14.9. The van der Waals surface area contributed by atoms with Gasteiger partial charge in [0.15, 0.2) is 0 Å². The van der Waals surface area contributed by atoms with Gasteiger partial charge in [0.05, 0.1) is 0 Å². The van der Waals surface area contributed by atoms with Crippen LogP contribution in [-0.2, 0) is 6.54 Å². The van der Waals surface area contributed by atoms with Gasteiger partial charge in [-0.15, -0.1) is 0 Å². The molecule has 1 aliphatic rings. The van der Waals surface area contributed by atoms with Crippen molar-refractivity contribution in [3.63, 3.8) is 0 Å². The second-order valence-electron chi connectivity index (χ2n) is 5.20. The van der Waals surface area contributed by atoms with Gasteiger partial charge in [-0.25, -0.2) is 0 Å². The smallest absolute Gasteiger partial charge is 0.0208 e. The van der Waals surface area contributed by atoms with E-state index in [2.05, 4.69) is 43.4 Å². The minimum Gasteiger partial charge on any atom is -0.310 e. The topological polar surface area (TPSA) is 12.0 Å². The van der Waals surface area contributed by atoms with Crippen LogP contribution in [0.1, 0.15) is 43.7 Å². The van der Waals surface area contributed by atoms with Crippen LogP contribution in [0.5, 0.6) is 0 Å². The number of rotatable bonds is 4. The van der Waals surface area contributed by atoms with Crippen LogP contribution in [0.25, 0.3) is 0 Å². The van der Waals surface area contributed by atoms with Crippen LogP contribution in [0.4, 0.5) is 0 Å². The molecule has 0 aromatic heterocycles. The number of hydrogen-bond donors (Lipinski definition) is 1. The van der Waals surface area contributed by atoms with Gasteiger partial charge in [0.1, 0.15) is 0 Å². The molecule has 16 heavy (non-hydrogen) atoms. The average Bonchev–Trinajstić information content (AvgIpc) is 2.81. The molecule has 1 aromatic rings. The maximum absolute atomic E-state index is 3.66. The van der Waals surface area contributed by atoms with E-state index in [-0.39, 0.29) is 0 Å². The van der Waals surface area contributed by atoms with Gasteiger partial charge in [0.2, 0.25) is 0 Å². The second-order valence-corrected chi connectivity index (χ2v) is 5.20. The molecule has 0 spiro atoms. The lowest BCUT2D eigenvalue weighted by Crippen LogP contribution is -2.31. The molecule has 0 radical (unpaired) electrons. The summed E-state index contributed by atoms with van der Waals surface area (Å²) in [6, 6.07) is 9.51. The fourth-order valence-corrected chi connectivity index (χ4v) is 2.61. The van der Waals surface area contributed by atoms with E-state index in [1.165, 1.54) is 36.8 Å². The SMILES string of the molecule is Cc1ccc(CN[C@@H](C)C2CCCC2)cc1. The zero-order valence-electron chi connectivity index (χ0n) is 10.5. The summed E-state index contributed by atoms with van der Waals surface area (Å²) >= 11 is 0. The van der Waals surface area contributed by atoms with E-state index in [9.17, 15) is 0 Å². The quantitative estimate of drug-likeness (QED) is 0.811. The number of aryl methyl sites for hydroxylation is 1. The minimum atomic E-state index is 0.670. The molecule has 88 valence electrons. The Morgan fingerprint density at radius 2 is 1.81 bits per heavy atom. The maximum atomic E-state index is 3.66. The van der Waals surface area contributed by atoms with Crippen molar-refractivity contribution in [2.45, 2.75) is 52.1 Å². The van der Waals surface area contributed by atoms with Crippen LogP contribution >= 0.6 is 0 Å². The van der Waals surface area contributed by atoms with E-state index < -0.39 is 0 Å². The van der Waals surface area contributed by atoms with Crippen LogP contribution in [0, 0.1) is 12.8 Å². The number of nitrogens with one attached hydrogen (secondary N) is 1. The first-order chi connectivity index (χ1) is 7.75. The lowest BCUT2D eigenvalue weighted by atomic mass is 9.99. The molecule has 1 heteroatoms. The van der Waals surface area contributed by atoms with E-state index in [1.807, 2.05) is 0 Å². The number of hydrogen-bond acceptors (Lipinski definition) is 1. The first-order valence-corrected chi connectivity index (χ1v) is 6.54. The molecular weight excluding hydrogens is 194 g/mol. The Bertz CT molecular complexity index is 309. The summed E-state index contributed by atoms with van der Waals surface area (Å²) in [7, 11) is 0. The highest BCUT2D eigenvalue weighted by Gasteiger charge is 2.20. The highest BCUT2D eigenvalue weighted by molar-refractivity contribution is 5.21. The monoisotopic (exact) mass is 217 g/mol. The fraction of sp³-hybridized carbons (Fsp3) is 0.600. The summed E-state index contributed by atoms with van der Waals surface area (Å²) in [6.45, 7) is 5.49. The molecule has 0 bridgehead atoms. The Kier molecular flexibility index (Phi) is 4.00. The summed E-state index contributed by atoms with van der Waals surface area (Å²) in [5, 5.41) is 3.66. The first-order valence-electron chi connectivity index (χ1n) is 6.54. The molecule has 1 nitrogen and oxygen atoms in total. The Hall–Kier alpha value is -0.820. The molecule has 0 saturated heterocycles. The van der Waals surface area contributed by atoms with E-state index in [4.69, 9.17) is 0 Å². The van der Waals surface area contributed by atoms with Crippen molar-refractivity contribution in [3.8, 4) is 0 Å². The van der Waals surface area contributed by atoms with Gasteiger partial charge >= 0.3 is 0 Å². The van der Waals surface area contributed by atoms with Gasteiger partial charge < -0.3 is 5.32 Å². The summed E-state index contributed by atoms with van der Waals surface area (Å²) in [6.07, 6.45) is 5.70. The number of benzene rings is 1. The average molecular weight is 217 g/mol. The van der Waals surface area contributed by atoms with Crippen LogP contribution in [0.15, 0.2) is 24.3 Å². The molecule has 0 heterocycles. The zero-order chi connectivity index (χ0) is 11.4. The van der Waals surface area contributed by atoms with Crippen molar-refractivity contribution in [1.82, 2.24) is 5.32 Å². The Morgan fingerprint density at radius 3 is 2.44 bits per heavy atom. The Labute approximate surface area is 99.3 Å². The molecular formula is C15H23N. The van der Waals surface area contributed by atoms with Crippen molar-refractivity contribution in [2.24, 2.45) is 5.92 Å². The van der Waals surface area contributed by atoms with Crippen LogP contribution in [-0.4, -0.2) is 6.04 Å². The van der Waals surface area contributed by atoms with Gasteiger partial charge in [0, 0.05) is 12.6 Å². The predicted octanol–water partition coefficient (Wildman–Crippen LogP) is 3.66. The molecule has 0 aliphatic heterocycles. The summed E-state index contributed by atoms with van der Waals surface area (Å²) in [5.41, 5.74) is 2.74. The van der Waals surface area contributed by atoms with E-state index in [0.717, 1.165) is 12.5 Å². The molecule has 1 atom stereocenters. The van der Waals surface area contributed by atoms with Crippen LogP contribution in [0.2, 0.25) is 0 Å². The summed E-state index contributed by atoms with van der Waals surface area (Å²) < 4.78 is 0. The third kappa shape index (κ3) is 3.08. The Morgan fingerprint density at radius 1 is 1.19 bits per heavy atom. The Balaban J connectivity index is 1.80. The van der Waals surface area contributed by atoms with Gasteiger partial charge in [0.25, 0.3) is 0 Å². The summed E-state index contributed by atoms with van der Waals surface area (Å²) in [4.78, 5) is 0. The largest absolute Gasteiger partial charge is 0.310 e. The normalized spacial score (nSPS) is 18.9. The van der Waals surface area contributed by atoms with Crippen molar-refractivity contribution < 1.29 is 0 Å². The van der Waals surface area contributed by atoms with Gasteiger partial charge in [-0.05, 0) is 38.2 Å². The molecule has 2 rings (SSSR count). The predicted molar refractivity (Wildman–Crippen MR) is 69.4 cm³/mol. The maximum Gasteiger partial charge on any atom is 0.0208 e. The van der Waals surface area contributed by atoms with Gasteiger partial charge in [-0.3, -0.25) is 0 Å². The second kappa shape index (κ2) is 5.49. The summed E-state index contributed by atoms with van der Waals surface area (Å²) in [5.74, 6) is 0.908. The molecule has 1 fully saturated rings. The van der Waals surface area contributed by atoms with Crippen molar-refractivity contribution in [2.75, 3.05) is 0 Å². The lowest BCUT2D eigenvalue weighted by molar-refractivity contribution is 0.380. The molecule has 1 saturated carbocycles. The van der Waals surface area contributed by atoms with Crippen LogP contribution in [0.3, 0.4) is 0 Å². The van der Waals surface area contributed by atoms with Gasteiger partial charge in [-0.2, -0.15) is 0 Å². The standard InChI is InChI=1S/C15H23N/c1-12-7-9-14(10-8-12)11-16-13(2)15-5-3-4-6-15/h7-10,13,15-16H,3-6,11H2,1-2H3/t13-/m0/s1.